The fourth-order valence-electron chi connectivity index (χ4n) is 4.11. The number of hydrogen-bond acceptors (Lipinski definition) is 2. The van der Waals surface area contributed by atoms with Crippen molar-refractivity contribution in [2.45, 2.75) is 25.3 Å². The number of fused-ring (bicyclic) bond motifs is 3. The molecule has 0 aliphatic carbocycles. The summed E-state index contributed by atoms with van der Waals surface area (Å²) in [5, 5.41) is 2.61. The van der Waals surface area contributed by atoms with E-state index in [0.717, 1.165) is 48.5 Å². The lowest BCUT2D eigenvalue weighted by molar-refractivity contribution is 0.224. The van der Waals surface area contributed by atoms with Crippen LogP contribution in [0.1, 0.15) is 23.5 Å². The number of amides is 2. The molecule has 2 aromatic rings. The maximum Gasteiger partial charge on any atom is 0.326 e. The molecule has 0 unspecified atom stereocenters. The molecule has 6 heteroatoms. The first-order chi connectivity index (χ1) is 12.4. The molecular weight excluding hydrogens is 336 g/mol. The van der Waals surface area contributed by atoms with Crippen LogP contribution in [-0.2, 0) is 0 Å². The van der Waals surface area contributed by atoms with Gasteiger partial charge in [0.2, 0.25) is 0 Å². The Hall–Kier alpha value is -2.47. The summed E-state index contributed by atoms with van der Waals surface area (Å²) in [6.45, 7) is 3.83. The molecule has 2 aromatic carbocycles. The van der Waals surface area contributed by atoms with Crippen LogP contribution >= 0.6 is 0 Å². The van der Waals surface area contributed by atoms with Gasteiger partial charge in [-0.25, -0.2) is 13.6 Å². The van der Waals surface area contributed by atoms with E-state index in [0.29, 0.717) is 0 Å². The number of likely N-dealkylation sites (N-methyl/N-ethyl adjacent to an activating group) is 1. The van der Waals surface area contributed by atoms with Crippen LogP contribution < -0.4 is 10.2 Å². The minimum atomic E-state index is -0.776. The van der Waals surface area contributed by atoms with Crippen LogP contribution in [0, 0.1) is 18.6 Å². The van der Waals surface area contributed by atoms with Gasteiger partial charge in [-0.3, -0.25) is 4.90 Å². The Morgan fingerprint density at radius 2 is 2.00 bits per heavy atom. The van der Waals surface area contributed by atoms with E-state index in [9.17, 15) is 13.6 Å². The molecule has 2 atom stereocenters. The zero-order valence-corrected chi connectivity index (χ0v) is 14.8. The smallest absolute Gasteiger partial charge is 0.306 e. The molecule has 4 rings (SSSR count). The quantitative estimate of drug-likeness (QED) is 0.834. The van der Waals surface area contributed by atoms with E-state index in [1.54, 1.807) is 4.90 Å². The second kappa shape index (κ2) is 6.36. The predicted octanol–water partition coefficient (Wildman–Crippen LogP) is 4.11. The van der Waals surface area contributed by atoms with Crippen LogP contribution in [0.15, 0.2) is 36.4 Å². The third-order valence-electron chi connectivity index (χ3n) is 5.34. The van der Waals surface area contributed by atoms with E-state index < -0.39 is 11.6 Å². The highest BCUT2D eigenvalue weighted by molar-refractivity contribution is 6.04. The van der Waals surface area contributed by atoms with Gasteiger partial charge >= 0.3 is 6.03 Å². The van der Waals surface area contributed by atoms with Gasteiger partial charge in [-0.05, 0) is 50.7 Å². The first-order valence-electron chi connectivity index (χ1n) is 8.78. The monoisotopic (exact) mass is 357 g/mol. The lowest BCUT2D eigenvalue weighted by atomic mass is 9.89. The first-order valence-corrected chi connectivity index (χ1v) is 8.78. The van der Waals surface area contributed by atoms with Crippen molar-refractivity contribution in [2.24, 2.45) is 0 Å². The van der Waals surface area contributed by atoms with Crippen LogP contribution in [0.25, 0.3) is 0 Å². The molecule has 1 fully saturated rings. The third kappa shape index (κ3) is 2.84. The molecule has 4 nitrogen and oxygen atoms in total. The summed E-state index contributed by atoms with van der Waals surface area (Å²) < 4.78 is 27.1. The Kier molecular flexibility index (Phi) is 4.15. The number of benzene rings is 2. The number of likely N-dealkylation sites (tertiary alicyclic amines) is 1. The highest BCUT2D eigenvalue weighted by atomic mass is 19.1. The molecule has 26 heavy (non-hydrogen) atoms. The number of carbonyl (C=O) groups excluding carboxylic acids is 1. The number of hydrogen-bond donors (Lipinski definition) is 1. The summed E-state index contributed by atoms with van der Waals surface area (Å²) in [5.74, 6) is -1.20. The van der Waals surface area contributed by atoms with Crippen molar-refractivity contribution < 1.29 is 13.6 Å². The zero-order valence-electron chi connectivity index (χ0n) is 14.8. The van der Waals surface area contributed by atoms with Crippen LogP contribution in [0.5, 0.6) is 0 Å². The van der Waals surface area contributed by atoms with Crippen molar-refractivity contribution in [1.82, 2.24) is 4.90 Å². The maximum absolute atomic E-state index is 14.0. The van der Waals surface area contributed by atoms with Gasteiger partial charge in [0.15, 0.2) is 0 Å². The molecule has 0 saturated carbocycles. The molecule has 2 amide bonds. The number of rotatable bonds is 1. The molecule has 0 spiro atoms. The standard InChI is InChI=1S/C20H21F2N3O/c1-12-3-6-18-14(9-12)15-11-24(2)8-7-19(15)25(18)20(26)23-17-5-4-13(21)10-16(17)22/h3-6,9-10,15,19H,7-8,11H2,1-2H3,(H,23,26)/t15-,19+/m1/s1. The Labute approximate surface area is 151 Å². The second-order valence-electron chi connectivity index (χ2n) is 7.21. The normalized spacial score (nSPS) is 22.1. The number of piperidine rings is 1. The lowest BCUT2D eigenvalue weighted by Gasteiger charge is -2.36. The molecule has 136 valence electrons. The van der Waals surface area contributed by atoms with Crippen molar-refractivity contribution in [1.29, 1.82) is 0 Å². The molecule has 1 N–H and O–H groups in total. The van der Waals surface area contributed by atoms with Gasteiger partial charge in [-0.15, -0.1) is 0 Å². The van der Waals surface area contributed by atoms with Gasteiger partial charge in [-0.1, -0.05) is 17.7 Å². The summed E-state index contributed by atoms with van der Waals surface area (Å²) in [6.07, 6.45) is 0.855. The number of urea groups is 1. The van der Waals surface area contributed by atoms with Crippen molar-refractivity contribution in [2.75, 3.05) is 30.4 Å². The summed E-state index contributed by atoms with van der Waals surface area (Å²) in [4.78, 5) is 17.0. The predicted molar refractivity (Wildman–Crippen MR) is 97.7 cm³/mol. The Morgan fingerprint density at radius 1 is 1.19 bits per heavy atom. The molecule has 1 saturated heterocycles. The van der Waals surface area contributed by atoms with Gasteiger partial charge in [-0.2, -0.15) is 0 Å². The van der Waals surface area contributed by atoms with Crippen molar-refractivity contribution in [3.05, 3.63) is 59.2 Å². The van der Waals surface area contributed by atoms with Gasteiger partial charge in [0, 0.05) is 30.3 Å². The largest absolute Gasteiger partial charge is 0.326 e. The highest BCUT2D eigenvalue weighted by Crippen LogP contribution is 2.45. The van der Waals surface area contributed by atoms with Crippen LogP contribution in [-0.4, -0.2) is 37.1 Å². The average molecular weight is 357 g/mol. The van der Waals surface area contributed by atoms with E-state index >= 15 is 0 Å². The van der Waals surface area contributed by atoms with E-state index in [1.807, 2.05) is 19.1 Å². The van der Waals surface area contributed by atoms with E-state index in [2.05, 4.69) is 23.3 Å². The summed E-state index contributed by atoms with van der Waals surface area (Å²) in [7, 11) is 2.09. The van der Waals surface area contributed by atoms with Crippen molar-refractivity contribution in [3.63, 3.8) is 0 Å². The molecule has 0 aromatic heterocycles. The minimum Gasteiger partial charge on any atom is -0.306 e. The van der Waals surface area contributed by atoms with Gasteiger partial charge < -0.3 is 10.2 Å². The SMILES string of the molecule is Cc1ccc2c(c1)[C@H]1CN(C)CC[C@@H]1N2C(=O)Nc1ccc(F)cc1F. The number of anilines is 2. The number of halogens is 2. The number of carbonyl (C=O) groups is 1. The Morgan fingerprint density at radius 3 is 2.77 bits per heavy atom. The average Bonchev–Trinajstić information content (AvgIpc) is 2.90. The van der Waals surface area contributed by atoms with Gasteiger partial charge in [0.1, 0.15) is 11.6 Å². The number of nitrogens with one attached hydrogen (secondary N) is 1. The Bertz CT molecular complexity index is 870. The minimum absolute atomic E-state index is 0.0126. The number of nitrogens with zero attached hydrogens (tertiary/aromatic N) is 2. The van der Waals surface area contributed by atoms with Crippen molar-refractivity contribution in [3.8, 4) is 0 Å². The molecule has 0 bridgehead atoms. The molecule has 2 aliphatic rings. The lowest BCUT2D eigenvalue weighted by Crippen LogP contribution is -2.48. The summed E-state index contributed by atoms with van der Waals surface area (Å²) >= 11 is 0. The molecule has 2 heterocycles. The second-order valence-corrected chi connectivity index (χ2v) is 7.21. The Balaban J connectivity index is 1.68. The van der Waals surface area contributed by atoms with Crippen LogP contribution in [0.4, 0.5) is 25.0 Å². The van der Waals surface area contributed by atoms with E-state index in [1.165, 1.54) is 6.07 Å². The first kappa shape index (κ1) is 17.0. The molecular formula is C20H21F2N3O. The number of aryl methyl sites for hydroxylation is 1. The third-order valence-corrected chi connectivity index (χ3v) is 5.34. The maximum atomic E-state index is 14.0. The highest BCUT2D eigenvalue weighted by Gasteiger charge is 2.44. The van der Waals surface area contributed by atoms with E-state index in [4.69, 9.17) is 0 Å². The van der Waals surface area contributed by atoms with E-state index in [-0.39, 0.29) is 23.7 Å². The molecule has 0 radical (unpaired) electrons. The zero-order chi connectivity index (χ0) is 18.4. The topological polar surface area (TPSA) is 35.6 Å². The summed E-state index contributed by atoms with van der Waals surface area (Å²) in [6, 6.07) is 8.92. The molecule has 2 aliphatic heterocycles. The van der Waals surface area contributed by atoms with Crippen LogP contribution in [0.3, 0.4) is 0 Å². The fraction of sp³-hybridized carbons (Fsp3) is 0.350. The van der Waals surface area contributed by atoms with Gasteiger partial charge in [0.05, 0.1) is 5.69 Å². The fourth-order valence-corrected chi connectivity index (χ4v) is 4.11. The van der Waals surface area contributed by atoms with Crippen LogP contribution in [0.2, 0.25) is 0 Å². The van der Waals surface area contributed by atoms with Gasteiger partial charge in [0.25, 0.3) is 0 Å². The van der Waals surface area contributed by atoms with Crippen molar-refractivity contribution >= 4 is 17.4 Å². The summed E-state index contributed by atoms with van der Waals surface area (Å²) in [5.41, 5.74) is 3.18.